The standard InChI is InChI=1S/C25H29N3O10S/c1-36-17(11-14-7-4-3-5-8-14)22(34)38-12-15-13-39-24-25(37-2,23(35)28(24)19(15)21(32)33)27-18(29)10-6-9-16(26)20(30)31/h3-5,7-8,11,16,24H,6,9-10,12-13,26H2,1-2H3,(H,27,29)(H,30,31)(H,32,33)/t16?,24-,25?/m0/s1. The molecule has 3 rings (SSSR count). The van der Waals surface area contributed by atoms with Crippen molar-refractivity contribution < 1.29 is 48.4 Å². The molecule has 13 nitrogen and oxygen atoms in total. The minimum absolute atomic E-state index is 0.0558. The number of carbonyl (C=O) groups is 5. The Labute approximate surface area is 227 Å². The third kappa shape index (κ3) is 6.41. The lowest BCUT2D eigenvalue weighted by Crippen LogP contribution is -2.80. The van der Waals surface area contributed by atoms with Crippen LogP contribution in [0, 0.1) is 0 Å². The van der Waals surface area contributed by atoms with Crippen molar-refractivity contribution >= 4 is 47.6 Å². The minimum Gasteiger partial charge on any atom is -0.490 e. The quantitative estimate of drug-likeness (QED) is 0.0855. The summed E-state index contributed by atoms with van der Waals surface area (Å²) in [5.74, 6) is -4.83. The van der Waals surface area contributed by atoms with Gasteiger partial charge in [0.2, 0.25) is 11.7 Å². The molecule has 0 bridgehead atoms. The third-order valence-electron chi connectivity index (χ3n) is 6.09. The van der Waals surface area contributed by atoms with Crippen LogP contribution in [0.4, 0.5) is 0 Å². The van der Waals surface area contributed by atoms with E-state index in [1.54, 1.807) is 24.3 Å². The van der Waals surface area contributed by atoms with Crippen LogP contribution in [-0.4, -0.2) is 88.6 Å². The van der Waals surface area contributed by atoms with Crippen LogP contribution in [0.2, 0.25) is 0 Å². The van der Waals surface area contributed by atoms with E-state index >= 15 is 0 Å². The predicted molar refractivity (Wildman–Crippen MR) is 137 cm³/mol. The number of thioether (sulfide) groups is 1. The molecule has 2 amide bonds. The maximum Gasteiger partial charge on any atom is 0.373 e. The fourth-order valence-corrected chi connectivity index (χ4v) is 5.48. The molecular formula is C25H29N3O10S. The average molecular weight is 564 g/mol. The van der Waals surface area contributed by atoms with Crippen LogP contribution < -0.4 is 11.1 Å². The number of carboxylic acid groups (broad SMARTS) is 2. The Morgan fingerprint density at radius 1 is 1.23 bits per heavy atom. The zero-order chi connectivity index (χ0) is 28.7. The molecular weight excluding hydrogens is 534 g/mol. The number of ether oxygens (including phenoxy) is 3. The van der Waals surface area contributed by atoms with Gasteiger partial charge in [0, 0.05) is 24.9 Å². The molecule has 2 unspecified atom stereocenters. The summed E-state index contributed by atoms with van der Waals surface area (Å²) in [5.41, 5.74) is 4.15. The number of nitrogens with two attached hydrogens (primary N) is 1. The molecule has 5 N–H and O–H groups in total. The molecule has 0 aromatic heterocycles. The maximum atomic E-state index is 13.2. The lowest BCUT2D eigenvalue weighted by molar-refractivity contribution is -0.192. The van der Waals surface area contributed by atoms with Gasteiger partial charge in [0.05, 0.1) is 7.11 Å². The van der Waals surface area contributed by atoms with Crippen LogP contribution in [0.1, 0.15) is 24.8 Å². The lowest BCUT2D eigenvalue weighted by Gasteiger charge is -2.55. The number of nitrogens with zero attached hydrogens (tertiary/aromatic N) is 1. The number of hydrogen-bond donors (Lipinski definition) is 4. The largest absolute Gasteiger partial charge is 0.490 e. The van der Waals surface area contributed by atoms with Crippen LogP contribution in [-0.2, 0) is 38.2 Å². The van der Waals surface area contributed by atoms with Crippen LogP contribution in [0.25, 0.3) is 6.08 Å². The summed E-state index contributed by atoms with van der Waals surface area (Å²) >= 11 is 1.13. The van der Waals surface area contributed by atoms with E-state index in [-0.39, 0.29) is 42.0 Å². The van der Waals surface area contributed by atoms with Gasteiger partial charge >= 0.3 is 17.9 Å². The van der Waals surface area contributed by atoms with E-state index in [4.69, 9.17) is 25.1 Å². The molecule has 14 heteroatoms. The molecule has 210 valence electrons. The Balaban J connectivity index is 1.70. The number of amides is 2. The van der Waals surface area contributed by atoms with E-state index in [9.17, 15) is 29.1 Å². The van der Waals surface area contributed by atoms with Gasteiger partial charge < -0.3 is 35.5 Å². The predicted octanol–water partition coefficient (Wildman–Crippen LogP) is 0.512. The second-order valence-corrected chi connectivity index (χ2v) is 9.69. The fraction of sp³-hybridized carbons (Fsp3) is 0.400. The number of nitrogens with one attached hydrogen (secondary N) is 1. The van der Waals surface area contributed by atoms with E-state index in [1.165, 1.54) is 20.3 Å². The normalized spacial score (nSPS) is 21.4. The first-order valence-electron chi connectivity index (χ1n) is 11.8. The highest BCUT2D eigenvalue weighted by molar-refractivity contribution is 8.00. The van der Waals surface area contributed by atoms with Crippen molar-refractivity contribution in [2.45, 2.75) is 36.4 Å². The number of carboxylic acids is 2. The number of esters is 1. The van der Waals surface area contributed by atoms with Gasteiger partial charge in [0.15, 0.2) is 0 Å². The summed E-state index contributed by atoms with van der Waals surface area (Å²) < 4.78 is 15.8. The topological polar surface area (TPSA) is 195 Å². The molecule has 3 atom stereocenters. The van der Waals surface area contributed by atoms with Gasteiger partial charge in [-0.2, -0.15) is 0 Å². The molecule has 1 aromatic carbocycles. The number of carbonyl (C=O) groups excluding carboxylic acids is 3. The van der Waals surface area contributed by atoms with E-state index < -0.39 is 53.5 Å². The van der Waals surface area contributed by atoms with E-state index in [0.29, 0.717) is 5.56 Å². The summed E-state index contributed by atoms with van der Waals surface area (Å²) in [5, 5.41) is 20.4. The Bertz CT molecular complexity index is 1200. The zero-order valence-corrected chi connectivity index (χ0v) is 22.1. The number of β-lactam (4-membered cyclic amide) rings is 1. The molecule has 2 heterocycles. The molecule has 1 saturated heterocycles. The number of rotatable bonds is 13. The number of methoxy groups -OCH3 is 2. The number of aliphatic carboxylic acids is 2. The molecule has 0 radical (unpaired) electrons. The van der Waals surface area contributed by atoms with Gasteiger partial charge in [-0.15, -0.1) is 11.8 Å². The monoisotopic (exact) mass is 563 g/mol. The third-order valence-corrected chi connectivity index (χ3v) is 7.47. The Morgan fingerprint density at radius 2 is 1.92 bits per heavy atom. The van der Waals surface area contributed by atoms with E-state index in [0.717, 1.165) is 16.7 Å². The highest BCUT2D eigenvalue weighted by atomic mass is 32.2. The Morgan fingerprint density at radius 3 is 2.51 bits per heavy atom. The van der Waals surface area contributed by atoms with Crippen molar-refractivity contribution in [1.82, 2.24) is 10.2 Å². The molecule has 1 fully saturated rings. The summed E-state index contributed by atoms with van der Waals surface area (Å²) in [6, 6.07) is 7.78. The summed E-state index contributed by atoms with van der Waals surface area (Å²) in [7, 11) is 2.51. The van der Waals surface area contributed by atoms with Crippen LogP contribution in [0.3, 0.4) is 0 Å². The zero-order valence-electron chi connectivity index (χ0n) is 21.2. The van der Waals surface area contributed by atoms with E-state index in [1.807, 2.05) is 6.07 Å². The van der Waals surface area contributed by atoms with Crippen LogP contribution in [0.15, 0.2) is 47.4 Å². The van der Waals surface area contributed by atoms with Gasteiger partial charge in [-0.05, 0) is 24.5 Å². The molecule has 1 aromatic rings. The Kier molecular flexibility index (Phi) is 9.72. The van der Waals surface area contributed by atoms with E-state index in [2.05, 4.69) is 5.32 Å². The van der Waals surface area contributed by atoms with Crippen molar-refractivity contribution in [3.8, 4) is 0 Å². The molecule has 2 aliphatic rings. The smallest absolute Gasteiger partial charge is 0.373 e. The fourth-order valence-electron chi connectivity index (χ4n) is 4.06. The molecule has 0 spiro atoms. The lowest BCUT2D eigenvalue weighted by atomic mass is 9.97. The highest BCUT2D eigenvalue weighted by Gasteiger charge is 2.66. The van der Waals surface area contributed by atoms with Crippen molar-refractivity contribution in [2.24, 2.45) is 5.73 Å². The summed E-state index contributed by atoms with van der Waals surface area (Å²) in [6.45, 7) is -0.407. The van der Waals surface area contributed by atoms with Crippen molar-refractivity contribution in [1.29, 1.82) is 0 Å². The summed E-state index contributed by atoms with van der Waals surface area (Å²) in [6.07, 6.45) is 1.58. The second-order valence-electron chi connectivity index (χ2n) is 8.62. The summed E-state index contributed by atoms with van der Waals surface area (Å²) in [4.78, 5) is 62.2. The van der Waals surface area contributed by atoms with Gasteiger partial charge in [0.25, 0.3) is 11.6 Å². The van der Waals surface area contributed by atoms with Gasteiger partial charge in [-0.1, -0.05) is 30.3 Å². The number of fused-ring (bicyclic) bond motifs is 1. The SMILES string of the molecule is COC(=Cc1ccccc1)C(=O)OCC1=C(C(=O)O)N2C(=O)C(NC(=O)CCCC(N)C(=O)O)(OC)[C@@H]2SC1. The first kappa shape index (κ1) is 29.7. The van der Waals surface area contributed by atoms with Crippen LogP contribution in [0.5, 0.6) is 0 Å². The van der Waals surface area contributed by atoms with Crippen LogP contribution >= 0.6 is 11.8 Å². The van der Waals surface area contributed by atoms with Gasteiger partial charge in [-0.3, -0.25) is 19.3 Å². The minimum atomic E-state index is -1.80. The van der Waals surface area contributed by atoms with Gasteiger partial charge in [-0.25, -0.2) is 9.59 Å². The van der Waals surface area contributed by atoms with Crippen molar-refractivity contribution in [3.63, 3.8) is 0 Å². The Hall–Kier alpha value is -3.88. The van der Waals surface area contributed by atoms with Crippen molar-refractivity contribution in [2.75, 3.05) is 26.6 Å². The first-order chi connectivity index (χ1) is 18.5. The number of benzene rings is 1. The molecule has 0 aliphatic carbocycles. The average Bonchev–Trinajstić information content (AvgIpc) is 2.92. The second kappa shape index (κ2) is 12.8. The van der Waals surface area contributed by atoms with Crippen molar-refractivity contribution in [3.05, 3.63) is 52.9 Å². The maximum absolute atomic E-state index is 13.2. The molecule has 39 heavy (non-hydrogen) atoms. The highest BCUT2D eigenvalue weighted by Crippen LogP contribution is 2.46. The first-order valence-corrected chi connectivity index (χ1v) is 12.8. The molecule has 0 saturated carbocycles. The molecule has 2 aliphatic heterocycles. The van der Waals surface area contributed by atoms with Gasteiger partial charge in [0.1, 0.15) is 23.7 Å². The number of hydrogen-bond acceptors (Lipinski definition) is 10.